The third kappa shape index (κ3) is 1750. The molecule has 0 N–H and O–H groups in total. The number of carboxylic acid groups (broad SMARTS) is 2. The molecule has 0 aliphatic heterocycles. The van der Waals surface area contributed by atoms with Crippen LogP contribution in [0, 0.1) is 123 Å². The number of nitrogens with zero attached hydrogens (tertiary/aromatic N) is 8. The van der Waals surface area contributed by atoms with Crippen LogP contribution in [-0.2, 0) is 81.5 Å². The number of aliphatic carboxylic acids is 2. The van der Waals surface area contributed by atoms with Gasteiger partial charge in [0.1, 0.15) is 0 Å². The average molecular weight is 862 g/mol. The Labute approximate surface area is 279 Å². The molecular weight excluding hydrogens is 856 g/mol. The fourth-order valence-electron chi connectivity index (χ4n) is 0. The Morgan fingerprint density at radius 2 is 0.326 bits per heavy atom. The van der Waals surface area contributed by atoms with E-state index in [0.29, 0.717) is 0 Å². The molecule has 0 fully saturated rings. The number of rotatable bonds is 0. The fourth-order valence-corrected chi connectivity index (χ4v) is 0. The van der Waals surface area contributed by atoms with E-state index in [0.717, 1.165) is 13.8 Å². The standard InChI is InChI=1S/2C2H4O2.8NO3.Zn.2Zr/c2*1-2(3)4;8*2-1(3)4;;;/h2*1H3,(H,3,4);;;;;;;;;;;/q;;8*-1;+2;2*+4/p-2. The first-order valence-electron chi connectivity index (χ1n) is 6.20. The van der Waals surface area contributed by atoms with Crippen LogP contribution in [0.2, 0.25) is 0 Å². The first-order valence-corrected chi connectivity index (χ1v) is 6.20. The van der Waals surface area contributed by atoms with E-state index in [9.17, 15) is 0 Å². The van der Waals surface area contributed by atoms with Gasteiger partial charge in [0.2, 0.25) is 0 Å². The summed E-state index contributed by atoms with van der Waals surface area (Å²) >= 11 is 0. The van der Waals surface area contributed by atoms with E-state index >= 15 is 0 Å². The molecule has 0 aromatic heterocycles. The zero-order chi connectivity index (χ0) is 35.8. The quantitative estimate of drug-likeness (QED) is 0.126. The molecule has 0 saturated carbocycles. The molecule has 0 aliphatic carbocycles. The predicted molar refractivity (Wildman–Crippen MR) is 104 cm³/mol. The first kappa shape index (κ1) is 83.2. The van der Waals surface area contributed by atoms with E-state index in [1.54, 1.807) is 0 Å². The molecule has 0 rings (SSSR count). The van der Waals surface area contributed by atoms with E-state index in [4.69, 9.17) is 142 Å². The normalized spacial score (nSPS) is 5.63. The Morgan fingerprint density at radius 1 is 0.326 bits per heavy atom. The summed E-state index contributed by atoms with van der Waals surface area (Å²) in [7, 11) is 0. The summed E-state index contributed by atoms with van der Waals surface area (Å²) in [4.78, 5) is 83.8. The van der Waals surface area contributed by atoms with Crippen LogP contribution in [-0.4, -0.2) is 52.6 Å². The largest absolute Gasteiger partial charge is 4.00 e. The molecular formula is C4H6N8O28ZnZr2. The van der Waals surface area contributed by atoms with Crippen LogP contribution in [0.25, 0.3) is 0 Å². The Morgan fingerprint density at radius 3 is 0.326 bits per heavy atom. The number of hydrogen-bond donors (Lipinski definition) is 0. The van der Waals surface area contributed by atoms with Gasteiger partial charge in [-0.3, -0.25) is 0 Å². The summed E-state index contributed by atoms with van der Waals surface area (Å²) < 4.78 is 0. The summed E-state index contributed by atoms with van der Waals surface area (Å²) in [6.07, 6.45) is 0. The van der Waals surface area contributed by atoms with Crippen molar-refractivity contribution in [2.45, 2.75) is 13.8 Å². The van der Waals surface area contributed by atoms with Crippen molar-refractivity contribution in [3.8, 4) is 0 Å². The third-order valence-electron chi connectivity index (χ3n) is 0. The van der Waals surface area contributed by atoms with Gasteiger partial charge in [-0.1, -0.05) is 0 Å². The van der Waals surface area contributed by atoms with Gasteiger partial charge in [-0.2, -0.15) is 0 Å². The van der Waals surface area contributed by atoms with Gasteiger partial charge in [0.25, 0.3) is 0 Å². The Balaban J connectivity index is -0.0000000210. The van der Waals surface area contributed by atoms with Gasteiger partial charge in [-0.15, -0.1) is 0 Å². The van der Waals surface area contributed by atoms with Crippen LogP contribution in [0.1, 0.15) is 13.8 Å². The van der Waals surface area contributed by atoms with Crippen molar-refractivity contribution in [2.24, 2.45) is 0 Å². The van der Waals surface area contributed by atoms with Crippen molar-refractivity contribution in [3.63, 3.8) is 0 Å². The fraction of sp³-hybridized carbons (Fsp3) is 0.500. The van der Waals surface area contributed by atoms with Gasteiger partial charge >= 0.3 is 71.9 Å². The maximum atomic E-state index is 8.89. The first-order chi connectivity index (χ1) is 17.3. The zero-order valence-corrected chi connectivity index (χ0v) is 27.6. The van der Waals surface area contributed by atoms with Gasteiger partial charge in [0.15, 0.2) is 0 Å². The maximum absolute atomic E-state index is 8.89. The van der Waals surface area contributed by atoms with Crippen molar-refractivity contribution in [1.29, 1.82) is 0 Å². The summed E-state index contributed by atoms with van der Waals surface area (Å²) in [5.41, 5.74) is 0. The molecule has 0 aromatic rings. The van der Waals surface area contributed by atoms with Gasteiger partial charge in [0, 0.05) is 11.9 Å². The maximum Gasteiger partial charge on any atom is 4.00 e. The molecule has 0 aliphatic rings. The van der Waals surface area contributed by atoms with Gasteiger partial charge < -0.3 is 142 Å². The minimum Gasteiger partial charge on any atom is -0.550 e. The second-order valence-corrected chi connectivity index (χ2v) is 2.77. The van der Waals surface area contributed by atoms with Gasteiger partial charge in [-0.25, -0.2) is 0 Å². The van der Waals surface area contributed by atoms with Crippen LogP contribution in [0.5, 0.6) is 0 Å². The molecule has 0 spiro atoms. The van der Waals surface area contributed by atoms with E-state index < -0.39 is 52.6 Å². The Kier molecular flexibility index (Phi) is 148. The summed E-state index contributed by atoms with van der Waals surface area (Å²) in [6.45, 7) is 1.94. The second-order valence-electron chi connectivity index (χ2n) is 2.77. The zero-order valence-electron chi connectivity index (χ0n) is 19.7. The Hall–Kier alpha value is -5.07. The van der Waals surface area contributed by atoms with E-state index in [1.807, 2.05) is 0 Å². The molecule has 0 heterocycles. The molecule has 39 heteroatoms. The van der Waals surface area contributed by atoms with Crippen LogP contribution < -0.4 is 10.2 Å². The topological polar surface area (TPSA) is 610 Å². The number of carboxylic acids is 2. The van der Waals surface area contributed by atoms with E-state index in [1.165, 1.54) is 0 Å². The van der Waals surface area contributed by atoms with Crippen molar-refractivity contribution >= 4 is 11.9 Å². The Bertz CT molecular complexity index is 494. The number of carbonyl (C=O) groups is 2. The van der Waals surface area contributed by atoms with Crippen molar-refractivity contribution in [3.05, 3.63) is 123 Å². The van der Waals surface area contributed by atoms with Crippen molar-refractivity contribution in [1.82, 2.24) is 0 Å². The van der Waals surface area contributed by atoms with Crippen molar-refractivity contribution < 1.29 is 132 Å². The molecule has 240 valence electrons. The molecule has 0 atom stereocenters. The SMILES string of the molecule is CC(=O)[O-].CC(=O)[O-].O=[N+]([O-])[O-].O=[N+]([O-])[O-].O=[N+]([O-])[O-].O=[N+]([O-])[O-].O=[N+]([O-])[O-].O=[N+]([O-])[O-].O=[N+]([O-])[O-].O=[N+]([O-])[O-].[Zn+2].[Zr+4].[Zr+4]. The number of carbonyl (C=O) groups excluding carboxylic acids is 2. The monoisotopic (exact) mass is 858 g/mol. The van der Waals surface area contributed by atoms with Crippen LogP contribution in [0.3, 0.4) is 0 Å². The van der Waals surface area contributed by atoms with Crippen LogP contribution in [0.15, 0.2) is 0 Å². The molecule has 0 radical (unpaired) electrons. The minimum absolute atomic E-state index is 0. The average Bonchev–Trinajstić information content (AvgIpc) is 2.47. The van der Waals surface area contributed by atoms with E-state index in [2.05, 4.69) is 0 Å². The van der Waals surface area contributed by atoms with Gasteiger partial charge in [-0.05, 0) is 13.8 Å². The van der Waals surface area contributed by atoms with E-state index in [-0.39, 0.29) is 71.9 Å². The summed E-state index contributed by atoms with van der Waals surface area (Å²) in [6, 6.07) is 0. The molecule has 36 nitrogen and oxygen atoms in total. The smallest absolute Gasteiger partial charge is 0.550 e. The second kappa shape index (κ2) is 76.7. The minimum atomic E-state index is -1.75. The molecule has 0 saturated heterocycles. The van der Waals surface area contributed by atoms with Gasteiger partial charge in [0.05, 0.1) is 40.7 Å². The summed E-state index contributed by atoms with van der Waals surface area (Å²) in [5, 5.41) is 136. The molecule has 0 unspecified atom stereocenters. The predicted octanol–water partition coefficient (Wildman–Crippen LogP) is -4.41. The third-order valence-corrected chi connectivity index (χ3v) is 0. The van der Waals surface area contributed by atoms with Crippen LogP contribution in [0.4, 0.5) is 0 Å². The molecule has 0 amide bonds. The van der Waals surface area contributed by atoms with Crippen molar-refractivity contribution in [2.75, 3.05) is 0 Å². The number of hydrogen-bond acceptors (Lipinski definition) is 28. The van der Waals surface area contributed by atoms with Crippen LogP contribution >= 0.6 is 0 Å². The molecule has 0 bridgehead atoms. The summed E-state index contributed by atoms with van der Waals surface area (Å²) in [5.74, 6) is -2.17. The molecule has 0 aromatic carbocycles. The molecule has 43 heavy (non-hydrogen) atoms.